The van der Waals surface area contributed by atoms with E-state index in [1.807, 2.05) is 19.1 Å². The summed E-state index contributed by atoms with van der Waals surface area (Å²) < 4.78 is 47.6. The lowest BCUT2D eigenvalue weighted by Gasteiger charge is -2.20. The smallest absolute Gasteiger partial charge is 0.462 e. The second kappa shape index (κ2) is 41.8. The van der Waals surface area contributed by atoms with Gasteiger partial charge in [0.15, 0.2) is 6.10 Å². The monoisotopic (exact) mass is 972 g/mol. The largest absolute Gasteiger partial charge is 0.472 e. The van der Waals surface area contributed by atoms with Crippen molar-refractivity contribution in [3.63, 3.8) is 0 Å². The fourth-order valence-electron chi connectivity index (χ4n) is 5.38. The van der Waals surface area contributed by atoms with E-state index < -0.39 is 84.5 Å². The average molecular weight is 973 g/mol. The molecule has 0 rings (SSSR count). The molecular formula is C48H78O16P2. The van der Waals surface area contributed by atoms with Crippen molar-refractivity contribution >= 4 is 27.6 Å². The minimum atomic E-state index is -4.91. The molecule has 376 valence electrons. The Balaban J connectivity index is 4.88. The number of esters is 2. The van der Waals surface area contributed by atoms with Crippen LogP contribution in [0.1, 0.15) is 123 Å². The Kier molecular flexibility index (Phi) is 39.7. The van der Waals surface area contributed by atoms with Crippen molar-refractivity contribution in [3.05, 3.63) is 109 Å². The van der Waals surface area contributed by atoms with Gasteiger partial charge in [-0.2, -0.15) is 0 Å². The summed E-state index contributed by atoms with van der Waals surface area (Å²) in [6.45, 7) is 1.10. The molecule has 1 unspecified atom stereocenters. The van der Waals surface area contributed by atoms with Crippen LogP contribution in [0.5, 0.6) is 0 Å². The highest BCUT2D eigenvalue weighted by Gasteiger charge is 2.28. The first-order chi connectivity index (χ1) is 31.6. The van der Waals surface area contributed by atoms with Crippen LogP contribution in [0.4, 0.5) is 0 Å². The summed E-state index contributed by atoms with van der Waals surface area (Å²) in [7, 11) is -9.82. The molecule has 0 aliphatic carbocycles. The first kappa shape index (κ1) is 62.7. The highest BCUT2D eigenvalue weighted by molar-refractivity contribution is 7.47. The molecule has 0 aromatic rings. The number of phosphoric ester groups is 2. The summed E-state index contributed by atoms with van der Waals surface area (Å²) in [5.41, 5.74) is 0. The zero-order valence-electron chi connectivity index (χ0n) is 38.8. The van der Waals surface area contributed by atoms with Gasteiger partial charge in [-0.1, -0.05) is 142 Å². The van der Waals surface area contributed by atoms with Gasteiger partial charge in [-0.15, -0.1) is 0 Å². The van der Waals surface area contributed by atoms with Gasteiger partial charge in [0, 0.05) is 12.8 Å². The summed E-state index contributed by atoms with van der Waals surface area (Å²) in [6.07, 6.45) is 40.2. The molecular weight excluding hydrogens is 894 g/mol. The Morgan fingerprint density at radius 2 is 1.11 bits per heavy atom. The van der Waals surface area contributed by atoms with E-state index in [2.05, 4.69) is 64.6 Å². The van der Waals surface area contributed by atoms with Gasteiger partial charge in [-0.25, -0.2) is 9.13 Å². The van der Waals surface area contributed by atoms with Gasteiger partial charge in [-0.3, -0.25) is 23.2 Å². The number of unbranched alkanes of at least 4 members (excludes halogenated alkanes) is 6. The lowest BCUT2D eigenvalue weighted by atomic mass is 10.1. The van der Waals surface area contributed by atoms with Crippen LogP contribution in [0.3, 0.4) is 0 Å². The number of phosphoric acid groups is 2. The number of aliphatic hydroxyl groups excluding tert-OH is 4. The van der Waals surface area contributed by atoms with Crippen molar-refractivity contribution in [1.29, 1.82) is 0 Å². The number of aliphatic hydroxyl groups is 4. The fourth-order valence-corrected chi connectivity index (χ4v) is 6.53. The third-order valence-corrected chi connectivity index (χ3v) is 10.4. The zero-order chi connectivity index (χ0) is 49.2. The van der Waals surface area contributed by atoms with E-state index in [0.717, 1.165) is 51.4 Å². The maximum Gasteiger partial charge on any atom is 0.472 e. The lowest BCUT2D eigenvalue weighted by molar-refractivity contribution is -0.161. The molecule has 0 aromatic heterocycles. The lowest BCUT2D eigenvalue weighted by Crippen LogP contribution is -2.30. The van der Waals surface area contributed by atoms with E-state index >= 15 is 0 Å². The Bertz CT molecular complexity index is 1630. The summed E-state index contributed by atoms with van der Waals surface area (Å²) in [4.78, 5) is 52.8. The number of rotatable bonds is 41. The van der Waals surface area contributed by atoms with Crippen LogP contribution in [0.2, 0.25) is 0 Å². The van der Waals surface area contributed by atoms with Crippen LogP contribution in [0, 0.1) is 0 Å². The van der Waals surface area contributed by atoms with Crippen LogP contribution in [0.15, 0.2) is 109 Å². The Labute approximate surface area is 392 Å². The molecule has 0 heterocycles. The predicted octanol–water partition coefficient (Wildman–Crippen LogP) is 8.81. The summed E-state index contributed by atoms with van der Waals surface area (Å²) in [5, 5.41) is 40.2. The van der Waals surface area contributed by atoms with Gasteiger partial charge in [0.05, 0.1) is 38.1 Å². The molecule has 0 saturated carbocycles. The van der Waals surface area contributed by atoms with E-state index in [1.54, 1.807) is 42.5 Å². The first-order valence-corrected chi connectivity index (χ1v) is 25.9. The second-order valence-electron chi connectivity index (χ2n) is 15.2. The van der Waals surface area contributed by atoms with Crippen LogP contribution >= 0.6 is 15.6 Å². The number of allylic oxidation sites excluding steroid dienone is 15. The number of hydrogen-bond acceptors (Lipinski definition) is 13. The van der Waals surface area contributed by atoms with E-state index in [1.165, 1.54) is 25.3 Å². The summed E-state index contributed by atoms with van der Waals surface area (Å²) in [6, 6.07) is 0. The molecule has 0 aliphatic heterocycles. The number of carbonyl (C=O) groups is 2. The van der Waals surface area contributed by atoms with Crippen molar-refractivity contribution in [2.75, 3.05) is 26.4 Å². The Hall–Kier alpha value is -3.34. The number of ether oxygens (including phenoxy) is 2. The topological polar surface area (TPSA) is 256 Å². The van der Waals surface area contributed by atoms with Gasteiger partial charge in [0.1, 0.15) is 12.7 Å². The minimum Gasteiger partial charge on any atom is -0.462 e. The van der Waals surface area contributed by atoms with Crippen LogP contribution in [-0.4, -0.2) is 104 Å². The summed E-state index contributed by atoms with van der Waals surface area (Å²) in [5.74, 6) is -1.41. The minimum absolute atomic E-state index is 0.0129. The third-order valence-electron chi connectivity index (χ3n) is 8.98. The quantitative estimate of drug-likeness (QED) is 0.00993. The molecule has 66 heavy (non-hydrogen) atoms. The first-order valence-electron chi connectivity index (χ1n) is 22.9. The molecule has 0 fully saturated rings. The molecule has 0 radical (unpaired) electrons. The maximum atomic E-state index is 12.7. The molecule has 0 aliphatic rings. The van der Waals surface area contributed by atoms with E-state index in [-0.39, 0.29) is 25.7 Å². The molecule has 0 aromatic carbocycles. The van der Waals surface area contributed by atoms with Crippen molar-refractivity contribution in [2.24, 2.45) is 0 Å². The Morgan fingerprint density at radius 1 is 0.561 bits per heavy atom. The zero-order valence-corrected chi connectivity index (χ0v) is 40.6. The van der Waals surface area contributed by atoms with E-state index in [4.69, 9.17) is 23.8 Å². The molecule has 0 amide bonds. The number of hydrogen-bond donors (Lipinski definition) is 7. The standard InChI is InChI=1S/C48H78O16P2/c1-3-5-7-8-9-10-11-12-13-14-15-16-17-18-19-20-21-26-30-36-48(54)64-44(41-63-66(58,59)62-39-43(50)38-61-65(55,56)57)40-60-47(53)37-31-35-46(52)45(51)34-29-25-23-22-24-28-33-42(49)32-27-6-4-2/h6,9-10,12-13,15-16,18-19,22-25,27-29,33-34,42-46,49-52H,3-5,7-8,11,14,17,20-21,26,30-32,35-41H2,1-2H3,(H,58,59)(H2,55,56,57)/b10-9-,13-12-,16-15-,19-18-,24-22+,25-23-,27-6-,33-28+,34-29-/t42-,43+,44-,45+,46+/m1/s1. The van der Waals surface area contributed by atoms with Gasteiger partial charge in [-0.05, 0) is 77.0 Å². The Morgan fingerprint density at radius 3 is 1.71 bits per heavy atom. The second-order valence-corrected chi connectivity index (χ2v) is 17.8. The van der Waals surface area contributed by atoms with Gasteiger partial charge >= 0.3 is 27.6 Å². The highest BCUT2D eigenvalue weighted by Crippen LogP contribution is 2.43. The molecule has 0 bridgehead atoms. The van der Waals surface area contributed by atoms with Gasteiger partial charge < -0.3 is 44.6 Å². The van der Waals surface area contributed by atoms with E-state index in [0.29, 0.717) is 12.8 Å². The molecule has 6 atom stereocenters. The van der Waals surface area contributed by atoms with Crippen molar-refractivity contribution < 1.29 is 76.9 Å². The fraction of sp³-hybridized carbons (Fsp3) is 0.583. The SMILES string of the molecule is CC/C=C\C[C@@H](O)/C=C/C=C/C=C\C=C/[C@H](O)[C@@H](O)CCCC(=O)OC[C@H](COP(=O)(O)OC[C@@H](O)COP(=O)(O)O)OC(=O)CCCCC/C=C\C/C=C\C/C=C\C/C=C\CCCCC. The third kappa shape index (κ3) is 43.2. The molecule has 7 N–H and O–H groups in total. The van der Waals surface area contributed by atoms with Crippen LogP contribution in [0.25, 0.3) is 0 Å². The average Bonchev–Trinajstić information content (AvgIpc) is 3.27. The summed E-state index contributed by atoms with van der Waals surface area (Å²) >= 11 is 0. The molecule has 0 spiro atoms. The van der Waals surface area contributed by atoms with Crippen molar-refractivity contribution in [2.45, 2.75) is 154 Å². The van der Waals surface area contributed by atoms with Crippen LogP contribution < -0.4 is 0 Å². The maximum absolute atomic E-state index is 12.7. The van der Waals surface area contributed by atoms with Gasteiger partial charge in [0.25, 0.3) is 0 Å². The van der Waals surface area contributed by atoms with Crippen molar-refractivity contribution in [3.8, 4) is 0 Å². The van der Waals surface area contributed by atoms with Crippen LogP contribution in [-0.2, 0) is 41.8 Å². The van der Waals surface area contributed by atoms with Crippen molar-refractivity contribution in [1.82, 2.24) is 0 Å². The number of carbonyl (C=O) groups excluding carboxylic acids is 2. The molecule has 0 saturated heterocycles. The molecule has 16 nitrogen and oxygen atoms in total. The predicted molar refractivity (Wildman–Crippen MR) is 257 cm³/mol. The van der Waals surface area contributed by atoms with Gasteiger partial charge in [0.2, 0.25) is 0 Å². The van der Waals surface area contributed by atoms with E-state index in [9.17, 15) is 44.0 Å². The molecule has 18 heteroatoms. The normalized spacial score (nSPS) is 16.3. The highest BCUT2D eigenvalue weighted by atomic mass is 31.2.